The first kappa shape index (κ1) is 18.6. The first-order chi connectivity index (χ1) is 11.9. The summed E-state index contributed by atoms with van der Waals surface area (Å²) in [5.41, 5.74) is 0.266. The Morgan fingerprint density at radius 3 is 2.48 bits per heavy atom. The van der Waals surface area contributed by atoms with Crippen LogP contribution in [0.5, 0.6) is 0 Å². The third kappa shape index (κ3) is 5.12. The quantitative estimate of drug-likeness (QED) is 0.743. The van der Waals surface area contributed by atoms with Crippen molar-refractivity contribution in [2.75, 3.05) is 12.9 Å². The van der Waals surface area contributed by atoms with Crippen LogP contribution in [0.15, 0.2) is 59.8 Å². The van der Waals surface area contributed by atoms with E-state index in [1.807, 2.05) is 0 Å². The highest BCUT2D eigenvalue weighted by molar-refractivity contribution is 7.91. The van der Waals surface area contributed by atoms with Crippen molar-refractivity contribution < 1.29 is 22.7 Å². The van der Waals surface area contributed by atoms with Gasteiger partial charge in [0.2, 0.25) is 0 Å². The Bertz CT molecular complexity index is 823. The fourth-order valence-electron chi connectivity index (χ4n) is 2.15. The van der Waals surface area contributed by atoms with Crippen molar-refractivity contribution in [3.05, 3.63) is 60.4 Å². The first-order valence-electron chi connectivity index (χ1n) is 7.50. The second-order valence-electron chi connectivity index (χ2n) is 5.21. The van der Waals surface area contributed by atoms with Gasteiger partial charge in [0.15, 0.2) is 9.84 Å². The van der Waals surface area contributed by atoms with E-state index in [1.54, 1.807) is 24.3 Å². The third-order valence-corrected chi connectivity index (χ3v) is 5.26. The minimum atomic E-state index is -3.57. The van der Waals surface area contributed by atoms with E-state index >= 15 is 0 Å². The lowest BCUT2D eigenvalue weighted by atomic mass is 10.2. The van der Waals surface area contributed by atoms with E-state index in [0.29, 0.717) is 0 Å². The van der Waals surface area contributed by atoms with Gasteiger partial charge in [0.05, 0.1) is 23.3 Å². The van der Waals surface area contributed by atoms with Gasteiger partial charge in [-0.1, -0.05) is 18.2 Å². The minimum absolute atomic E-state index is 0.101. The summed E-state index contributed by atoms with van der Waals surface area (Å²) >= 11 is 0. The highest BCUT2D eigenvalue weighted by Crippen LogP contribution is 2.13. The Kier molecular flexibility index (Phi) is 6.24. The van der Waals surface area contributed by atoms with Crippen LogP contribution in [-0.2, 0) is 19.4 Å². The summed E-state index contributed by atoms with van der Waals surface area (Å²) in [5, 5.41) is 2.49. The number of ether oxygens (including phenoxy) is 1. The van der Waals surface area contributed by atoms with Crippen LogP contribution in [-0.4, -0.2) is 44.2 Å². The van der Waals surface area contributed by atoms with Crippen molar-refractivity contribution in [3.63, 3.8) is 0 Å². The molecule has 2 rings (SSSR count). The summed E-state index contributed by atoms with van der Waals surface area (Å²) in [6.07, 6.45) is 2.77. The van der Waals surface area contributed by atoms with E-state index in [0.717, 1.165) is 0 Å². The van der Waals surface area contributed by atoms with E-state index in [4.69, 9.17) is 0 Å². The summed E-state index contributed by atoms with van der Waals surface area (Å²) in [4.78, 5) is 28.0. The number of pyridine rings is 1. The standard InChI is InChI=1S/C17H18N2O5S/c1-24-17(21)15(19-16(20)13-6-5-10-18-12-13)9-11-25(22,23)14-7-3-2-4-8-14/h2-8,10,12,15H,9,11H2,1H3,(H,19,20)/t15-/m1/s1. The second-order valence-corrected chi connectivity index (χ2v) is 7.32. The van der Waals surface area contributed by atoms with Crippen molar-refractivity contribution in [3.8, 4) is 0 Å². The molecule has 0 saturated carbocycles. The molecule has 132 valence electrons. The van der Waals surface area contributed by atoms with Gasteiger partial charge in [-0.2, -0.15) is 0 Å². The van der Waals surface area contributed by atoms with Gasteiger partial charge < -0.3 is 10.1 Å². The molecular formula is C17H18N2O5S. The Hall–Kier alpha value is -2.74. The van der Waals surface area contributed by atoms with Crippen LogP contribution in [0.4, 0.5) is 0 Å². The number of aromatic nitrogens is 1. The molecule has 1 N–H and O–H groups in total. The zero-order valence-electron chi connectivity index (χ0n) is 13.6. The van der Waals surface area contributed by atoms with Crippen LogP contribution < -0.4 is 5.32 Å². The zero-order valence-corrected chi connectivity index (χ0v) is 14.4. The van der Waals surface area contributed by atoms with Crippen molar-refractivity contribution in [2.45, 2.75) is 17.4 Å². The smallest absolute Gasteiger partial charge is 0.328 e. The van der Waals surface area contributed by atoms with Crippen LogP contribution in [0.1, 0.15) is 16.8 Å². The van der Waals surface area contributed by atoms with Gasteiger partial charge in [-0.05, 0) is 30.7 Å². The summed E-state index contributed by atoms with van der Waals surface area (Å²) in [7, 11) is -2.39. The summed E-state index contributed by atoms with van der Waals surface area (Å²) in [6.45, 7) is 0. The Morgan fingerprint density at radius 1 is 1.16 bits per heavy atom. The number of amides is 1. The van der Waals surface area contributed by atoms with Crippen molar-refractivity contribution >= 4 is 21.7 Å². The number of methoxy groups -OCH3 is 1. The van der Waals surface area contributed by atoms with Gasteiger partial charge in [-0.15, -0.1) is 0 Å². The van der Waals surface area contributed by atoms with Gasteiger partial charge in [-0.3, -0.25) is 9.78 Å². The number of esters is 1. The number of hydrogen-bond donors (Lipinski definition) is 1. The monoisotopic (exact) mass is 362 g/mol. The van der Waals surface area contributed by atoms with E-state index < -0.39 is 27.8 Å². The molecule has 7 nitrogen and oxygen atoms in total. The summed E-state index contributed by atoms with van der Waals surface area (Å²) in [5.74, 6) is -1.54. The predicted molar refractivity (Wildman–Crippen MR) is 90.6 cm³/mol. The highest BCUT2D eigenvalue weighted by Gasteiger charge is 2.25. The van der Waals surface area contributed by atoms with E-state index in [2.05, 4.69) is 15.0 Å². The molecule has 2 aromatic rings. The van der Waals surface area contributed by atoms with Crippen molar-refractivity contribution in [2.24, 2.45) is 0 Å². The average molecular weight is 362 g/mol. The SMILES string of the molecule is COC(=O)[C@@H](CCS(=O)(=O)c1ccccc1)NC(=O)c1cccnc1. The zero-order chi connectivity index (χ0) is 18.3. The molecule has 0 aliphatic carbocycles. The molecule has 0 unspecified atom stereocenters. The maximum atomic E-state index is 12.3. The predicted octanol–water partition coefficient (Wildman–Crippen LogP) is 1.22. The van der Waals surface area contributed by atoms with Gasteiger partial charge in [0.25, 0.3) is 5.91 Å². The van der Waals surface area contributed by atoms with Crippen LogP contribution in [0.25, 0.3) is 0 Å². The Balaban J connectivity index is 2.08. The molecule has 0 bridgehead atoms. The number of rotatable bonds is 7. The highest BCUT2D eigenvalue weighted by atomic mass is 32.2. The van der Waals surface area contributed by atoms with Crippen molar-refractivity contribution in [1.82, 2.24) is 10.3 Å². The molecule has 8 heteroatoms. The van der Waals surface area contributed by atoms with Crippen LogP contribution in [0.2, 0.25) is 0 Å². The average Bonchev–Trinajstić information content (AvgIpc) is 2.65. The van der Waals surface area contributed by atoms with Gasteiger partial charge in [0, 0.05) is 12.4 Å². The fourth-order valence-corrected chi connectivity index (χ4v) is 3.50. The topological polar surface area (TPSA) is 102 Å². The molecule has 0 aliphatic rings. The molecule has 1 heterocycles. The van der Waals surface area contributed by atoms with Crippen LogP contribution in [0, 0.1) is 0 Å². The summed E-state index contributed by atoms with van der Waals surface area (Å²) in [6, 6.07) is 9.97. The Labute approximate surface area is 146 Å². The number of benzene rings is 1. The van der Waals surface area contributed by atoms with Gasteiger partial charge in [-0.25, -0.2) is 13.2 Å². The number of hydrogen-bond acceptors (Lipinski definition) is 6. The largest absolute Gasteiger partial charge is 0.467 e. The maximum Gasteiger partial charge on any atom is 0.328 e. The van der Waals surface area contributed by atoms with Crippen LogP contribution >= 0.6 is 0 Å². The normalized spacial score (nSPS) is 12.2. The molecule has 0 saturated heterocycles. The van der Waals surface area contributed by atoms with Gasteiger partial charge >= 0.3 is 5.97 Å². The molecule has 0 radical (unpaired) electrons. The number of sulfone groups is 1. The van der Waals surface area contributed by atoms with Crippen molar-refractivity contribution in [1.29, 1.82) is 0 Å². The Morgan fingerprint density at radius 2 is 1.88 bits per heavy atom. The molecule has 25 heavy (non-hydrogen) atoms. The van der Waals surface area contributed by atoms with E-state index in [9.17, 15) is 18.0 Å². The van der Waals surface area contributed by atoms with E-state index in [1.165, 1.54) is 37.7 Å². The number of carbonyl (C=O) groups excluding carboxylic acids is 2. The lowest BCUT2D eigenvalue weighted by molar-refractivity contribution is -0.142. The minimum Gasteiger partial charge on any atom is -0.467 e. The molecule has 0 spiro atoms. The second kappa shape index (κ2) is 8.39. The number of nitrogens with one attached hydrogen (secondary N) is 1. The molecule has 1 amide bonds. The molecule has 0 fully saturated rings. The lowest BCUT2D eigenvalue weighted by Crippen LogP contribution is -2.42. The summed E-state index contributed by atoms with van der Waals surface area (Å²) < 4.78 is 29.3. The maximum absolute atomic E-state index is 12.3. The van der Waals surface area contributed by atoms with E-state index in [-0.39, 0.29) is 22.6 Å². The molecule has 1 aromatic carbocycles. The number of carbonyl (C=O) groups is 2. The number of nitrogens with zero attached hydrogens (tertiary/aromatic N) is 1. The van der Waals surface area contributed by atoms with Gasteiger partial charge in [0.1, 0.15) is 6.04 Å². The molecule has 0 aliphatic heterocycles. The van der Waals surface area contributed by atoms with Crippen LogP contribution in [0.3, 0.4) is 0 Å². The molecule has 1 atom stereocenters. The molecular weight excluding hydrogens is 344 g/mol. The fraction of sp³-hybridized carbons (Fsp3) is 0.235. The molecule has 1 aromatic heterocycles. The first-order valence-corrected chi connectivity index (χ1v) is 9.16. The third-order valence-electron chi connectivity index (χ3n) is 3.49. The lowest BCUT2D eigenvalue weighted by Gasteiger charge is -2.16.